The number of amides is 1. The van der Waals surface area contributed by atoms with Crippen LogP contribution >= 0.6 is 0 Å². The predicted octanol–water partition coefficient (Wildman–Crippen LogP) is 1.48. The van der Waals surface area contributed by atoms with Gasteiger partial charge in [0.1, 0.15) is 5.25 Å². The summed E-state index contributed by atoms with van der Waals surface area (Å²) in [4.78, 5) is 14.5. The summed E-state index contributed by atoms with van der Waals surface area (Å²) in [6.07, 6.45) is 6.45. The number of sulfone groups is 1. The molecule has 0 bridgehead atoms. The molecule has 22 heavy (non-hydrogen) atoms. The third-order valence-electron chi connectivity index (χ3n) is 4.36. The number of rotatable bonds is 5. The first-order chi connectivity index (χ1) is 10.3. The lowest BCUT2D eigenvalue weighted by molar-refractivity contribution is -0.134. The van der Waals surface area contributed by atoms with Crippen LogP contribution in [0.4, 0.5) is 0 Å². The molecule has 2 atom stereocenters. The van der Waals surface area contributed by atoms with Gasteiger partial charge in [0.15, 0.2) is 9.84 Å². The number of piperidine rings is 1. The van der Waals surface area contributed by atoms with Crippen LogP contribution < -0.4 is 0 Å². The quantitative estimate of drug-likeness (QED) is 0.821. The topological polar surface area (TPSA) is 72.3 Å². The molecule has 0 radical (unpaired) electrons. The second kappa shape index (κ2) is 6.81. The first kappa shape index (κ1) is 17.0. The van der Waals surface area contributed by atoms with Gasteiger partial charge in [-0.05, 0) is 46.1 Å². The molecule has 7 heteroatoms. The zero-order valence-corrected chi connectivity index (χ0v) is 14.3. The van der Waals surface area contributed by atoms with Gasteiger partial charge in [0.25, 0.3) is 0 Å². The van der Waals surface area contributed by atoms with Crippen molar-refractivity contribution in [2.75, 3.05) is 6.54 Å². The van der Waals surface area contributed by atoms with E-state index in [9.17, 15) is 13.2 Å². The summed E-state index contributed by atoms with van der Waals surface area (Å²) in [5.74, 6) is -0.273. The summed E-state index contributed by atoms with van der Waals surface area (Å²) in [5.41, 5.74) is 0. The Morgan fingerprint density at radius 2 is 2.05 bits per heavy atom. The molecule has 1 aliphatic rings. The second-order valence-electron chi connectivity index (χ2n) is 6.19. The van der Waals surface area contributed by atoms with Gasteiger partial charge in [0, 0.05) is 18.9 Å². The summed E-state index contributed by atoms with van der Waals surface area (Å²) >= 11 is 0. The van der Waals surface area contributed by atoms with Crippen LogP contribution in [0.15, 0.2) is 18.5 Å². The monoisotopic (exact) mass is 327 g/mol. The Hall–Kier alpha value is -1.37. The van der Waals surface area contributed by atoms with Gasteiger partial charge in [0.05, 0.1) is 17.8 Å². The van der Waals surface area contributed by atoms with E-state index in [0.717, 1.165) is 19.3 Å². The van der Waals surface area contributed by atoms with Crippen molar-refractivity contribution in [3.05, 3.63) is 18.5 Å². The van der Waals surface area contributed by atoms with Crippen molar-refractivity contribution in [3.63, 3.8) is 0 Å². The summed E-state index contributed by atoms with van der Waals surface area (Å²) in [6.45, 7) is 6.00. The van der Waals surface area contributed by atoms with Gasteiger partial charge in [0.2, 0.25) is 5.91 Å². The molecule has 6 nitrogen and oxygen atoms in total. The average Bonchev–Trinajstić information content (AvgIpc) is 2.99. The van der Waals surface area contributed by atoms with E-state index in [4.69, 9.17) is 0 Å². The van der Waals surface area contributed by atoms with Crippen molar-refractivity contribution in [3.8, 4) is 0 Å². The summed E-state index contributed by atoms with van der Waals surface area (Å²) in [6, 6.07) is 1.87. The van der Waals surface area contributed by atoms with Crippen LogP contribution in [-0.4, -0.2) is 52.1 Å². The minimum absolute atomic E-state index is 0.0194. The van der Waals surface area contributed by atoms with E-state index in [2.05, 4.69) is 5.10 Å². The number of likely N-dealkylation sites (tertiary alicyclic amines) is 1. The number of carbonyl (C=O) groups is 1. The first-order valence-electron chi connectivity index (χ1n) is 7.84. The Morgan fingerprint density at radius 3 is 2.64 bits per heavy atom. The molecule has 1 aromatic rings. The Labute approximate surface area is 132 Å². The molecule has 0 saturated carbocycles. The molecule has 1 saturated heterocycles. The molecule has 1 fully saturated rings. The lowest BCUT2D eigenvalue weighted by Crippen LogP contribution is -2.51. The van der Waals surface area contributed by atoms with Crippen molar-refractivity contribution in [2.24, 2.45) is 0 Å². The van der Waals surface area contributed by atoms with Crippen LogP contribution in [0.3, 0.4) is 0 Å². The first-order valence-corrected chi connectivity index (χ1v) is 9.45. The normalized spacial score (nSPS) is 21.1. The number of hydrogen-bond acceptors (Lipinski definition) is 4. The van der Waals surface area contributed by atoms with E-state index in [0.29, 0.717) is 13.1 Å². The van der Waals surface area contributed by atoms with Gasteiger partial charge in [-0.25, -0.2) is 8.42 Å². The van der Waals surface area contributed by atoms with Crippen molar-refractivity contribution in [1.82, 2.24) is 14.7 Å². The van der Waals surface area contributed by atoms with Crippen LogP contribution in [0.1, 0.15) is 40.0 Å². The van der Waals surface area contributed by atoms with E-state index >= 15 is 0 Å². The van der Waals surface area contributed by atoms with Crippen LogP contribution in [0.5, 0.6) is 0 Å². The molecule has 0 aromatic carbocycles. The van der Waals surface area contributed by atoms with Crippen molar-refractivity contribution < 1.29 is 13.2 Å². The maximum Gasteiger partial charge on any atom is 0.240 e. The predicted molar refractivity (Wildman–Crippen MR) is 85.1 cm³/mol. The molecule has 0 spiro atoms. The van der Waals surface area contributed by atoms with Gasteiger partial charge < -0.3 is 4.90 Å². The van der Waals surface area contributed by atoms with Gasteiger partial charge in [-0.1, -0.05) is 0 Å². The maximum atomic E-state index is 12.7. The lowest BCUT2D eigenvalue weighted by atomic mass is 10.0. The molecule has 1 aromatic heterocycles. The van der Waals surface area contributed by atoms with Crippen molar-refractivity contribution in [1.29, 1.82) is 0 Å². The van der Waals surface area contributed by atoms with Crippen LogP contribution in [-0.2, 0) is 21.2 Å². The highest BCUT2D eigenvalue weighted by atomic mass is 32.2. The standard InChI is InChI=1S/C15H25N3O3S/c1-12(2)22(20,21)13(3)15(19)18-10-5-4-7-14(18)11-17-9-6-8-16-17/h6,8-9,12-14H,4-5,7,10-11H2,1-3H3/t13-,14-/m1/s1. The third-order valence-corrected chi connectivity index (χ3v) is 6.87. The molecule has 124 valence electrons. The lowest BCUT2D eigenvalue weighted by Gasteiger charge is -2.37. The highest BCUT2D eigenvalue weighted by molar-refractivity contribution is 7.93. The fraction of sp³-hybridized carbons (Fsp3) is 0.733. The molecular weight excluding hydrogens is 302 g/mol. The second-order valence-corrected chi connectivity index (χ2v) is 9.02. The Balaban J connectivity index is 2.14. The van der Waals surface area contributed by atoms with Gasteiger partial charge in [-0.2, -0.15) is 5.10 Å². The van der Waals surface area contributed by atoms with Crippen LogP contribution in [0.2, 0.25) is 0 Å². The van der Waals surface area contributed by atoms with E-state index < -0.39 is 20.3 Å². The summed E-state index contributed by atoms with van der Waals surface area (Å²) in [7, 11) is -3.42. The highest BCUT2D eigenvalue weighted by Crippen LogP contribution is 2.22. The Kier molecular flexibility index (Phi) is 5.26. The smallest absolute Gasteiger partial charge is 0.240 e. The van der Waals surface area contributed by atoms with E-state index in [1.807, 2.05) is 12.3 Å². The van der Waals surface area contributed by atoms with Gasteiger partial charge in [-0.15, -0.1) is 0 Å². The van der Waals surface area contributed by atoms with Gasteiger partial charge >= 0.3 is 0 Å². The van der Waals surface area contributed by atoms with E-state index in [-0.39, 0.29) is 11.9 Å². The molecule has 2 heterocycles. The maximum absolute atomic E-state index is 12.7. The Morgan fingerprint density at radius 1 is 1.32 bits per heavy atom. The molecule has 0 N–H and O–H groups in total. The SMILES string of the molecule is CC(C)S(=O)(=O)[C@H](C)C(=O)N1CCCC[C@@H]1Cn1cccn1. The number of nitrogens with zero attached hydrogens (tertiary/aromatic N) is 3. The Bertz CT molecular complexity index is 596. The van der Waals surface area contributed by atoms with Crippen molar-refractivity contribution >= 4 is 15.7 Å². The number of hydrogen-bond donors (Lipinski definition) is 0. The van der Waals surface area contributed by atoms with Crippen LogP contribution in [0, 0.1) is 0 Å². The zero-order chi connectivity index (χ0) is 16.3. The molecule has 2 rings (SSSR count). The van der Waals surface area contributed by atoms with Crippen molar-refractivity contribution in [2.45, 2.75) is 63.1 Å². The molecule has 0 aliphatic carbocycles. The molecular formula is C15H25N3O3S. The molecule has 1 amide bonds. The molecule has 0 unspecified atom stereocenters. The number of aromatic nitrogens is 2. The number of carbonyl (C=O) groups excluding carboxylic acids is 1. The highest BCUT2D eigenvalue weighted by Gasteiger charge is 2.37. The zero-order valence-electron chi connectivity index (χ0n) is 13.5. The minimum atomic E-state index is -3.42. The van der Waals surface area contributed by atoms with Crippen LogP contribution in [0.25, 0.3) is 0 Å². The van der Waals surface area contributed by atoms with E-state index in [1.165, 1.54) is 6.92 Å². The fourth-order valence-electron chi connectivity index (χ4n) is 2.89. The minimum Gasteiger partial charge on any atom is -0.337 e. The summed E-state index contributed by atoms with van der Waals surface area (Å²) in [5, 5.41) is 2.66. The van der Waals surface area contributed by atoms with Gasteiger partial charge in [-0.3, -0.25) is 9.48 Å². The van der Waals surface area contributed by atoms with E-state index in [1.54, 1.807) is 29.6 Å². The average molecular weight is 327 g/mol. The summed E-state index contributed by atoms with van der Waals surface area (Å²) < 4.78 is 26.3. The molecule has 1 aliphatic heterocycles. The third kappa shape index (κ3) is 3.51. The largest absolute Gasteiger partial charge is 0.337 e. The fourth-order valence-corrected chi connectivity index (χ4v) is 4.12.